The van der Waals surface area contributed by atoms with Crippen LogP contribution in [0.1, 0.15) is 49.5 Å². The van der Waals surface area contributed by atoms with Gasteiger partial charge in [-0.05, 0) is 118 Å². The zero-order chi connectivity index (χ0) is 66.8. The van der Waals surface area contributed by atoms with Crippen LogP contribution in [0.5, 0.6) is 5.75 Å². The van der Waals surface area contributed by atoms with E-state index in [1.807, 2.05) is 72.8 Å². The predicted molar refractivity (Wildman–Crippen MR) is 370 cm³/mol. The molecule has 3 heterocycles. The van der Waals surface area contributed by atoms with Crippen LogP contribution in [-0.4, -0.2) is 77.8 Å². The van der Waals surface area contributed by atoms with Gasteiger partial charge in [0.25, 0.3) is 5.91 Å². The van der Waals surface area contributed by atoms with E-state index < -0.39 is 53.3 Å². The summed E-state index contributed by atoms with van der Waals surface area (Å²) in [5.41, 5.74) is 1.15. The first-order valence-corrected chi connectivity index (χ1v) is 30.6. The van der Waals surface area contributed by atoms with E-state index in [-0.39, 0.29) is 111 Å². The second-order valence-electron chi connectivity index (χ2n) is 22.1. The van der Waals surface area contributed by atoms with Crippen LogP contribution in [0.3, 0.4) is 0 Å². The number of piperazine rings is 1. The fraction of sp³-hybridized carbons (Fsp3) is 0.0741. The maximum Gasteiger partial charge on any atom is 0.292 e. The number of halogens is 1. The maximum absolute atomic E-state index is 16.5. The van der Waals surface area contributed by atoms with Gasteiger partial charge >= 0.3 is 0 Å². The van der Waals surface area contributed by atoms with Crippen molar-refractivity contribution in [1.82, 2.24) is 9.88 Å². The summed E-state index contributed by atoms with van der Waals surface area (Å²) in [5, 5.41) is 29.2. The number of amides is 2. The number of carboxylic acid groups (broad SMARTS) is 1. The zero-order valence-electron chi connectivity index (χ0n) is 52.5. The molecule has 492 valence electrons. The number of benzene rings is 8. The number of carbonyl (C=O) groups excluding carboxylic acids is 5. The Bertz CT molecular complexity index is 4580. The number of allylic oxidation sites excluding steroid dienone is 3. The number of nitrogens with zero attached hydrogens (tertiary/aromatic N) is 4. The molecule has 1 aliphatic heterocycles. The number of rotatable bonds is 23. The first-order chi connectivity index (χ1) is 46.9. The van der Waals surface area contributed by atoms with Crippen molar-refractivity contribution in [3.8, 4) is 34.2 Å². The fourth-order valence-corrected chi connectivity index (χ4v) is 11.7. The predicted octanol–water partition coefficient (Wildman–Crippen LogP) is 14.9. The topological polar surface area (TPSA) is 195 Å². The minimum atomic E-state index is -2.61. The number of anilines is 2. The number of pyridine rings is 1. The van der Waals surface area contributed by atoms with Gasteiger partial charge < -0.3 is 38.9 Å². The van der Waals surface area contributed by atoms with Crippen molar-refractivity contribution in [2.24, 2.45) is 0 Å². The molecule has 1 atom stereocenters. The normalized spacial score (nSPS) is 14.9. The molecule has 0 radical (unpaired) electrons. The Balaban J connectivity index is 0.00000562. The van der Waals surface area contributed by atoms with E-state index in [4.69, 9.17) is 18.9 Å². The van der Waals surface area contributed by atoms with E-state index in [0.717, 1.165) is 11.0 Å². The van der Waals surface area contributed by atoms with Crippen molar-refractivity contribution in [2.45, 2.75) is 11.6 Å². The number of hydrogen-bond donors (Lipinski definition) is 1. The summed E-state index contributed by atoms with van der Waals surface area (Å²) in [6, 6.07) is 69.5. The summed E-state index contributed by atoms with van der Waals surface area (Å²) in [6.45, 7) is -0.963. The van der Waals surface area contributed by atoms with Crippen molar-refractivity contribution in [1.29, 1.82) is 5.26 Å². The Morgan fingerprint density at radius 1 is 0.602 bits per heavy atom. The van der Waals surface area contributed by atoms with Crippen LogP contribution in [0.4, 0.5) is 20.7 Å². The van der Waals surface area contributed by atoms with Gasteiger partial charge in [-0.25, -0.2) is 9.37 Å². The first kappa shape index (κ1) is 71.0. The molecule has 1 fully saturated rings. The van der Waals surface area contributed by atoms with E-state index in [1.54, 1.807) is 181 Å². The van der Waals surface area contributed by atoms with Crippen molar-refractivity contribution in [3.63, 3.8) is 0 Å². The van der Waals surface area contributed by atoms with Crippen molar-refractivity contribution in [2.75, 3.05) is 37.2 Å². The smallest absolute Gasteiger partial charge is 0.292 e. The van der Waals surface area contributed by atoms with Gasteiger partial charge in [-0.15, -0.1) is 0 Å². The molecule has 8 aromatic carbocycles. The molecule has 0 aliphatic carbocycles. The monoisotopic (exact) mass is 1480 g/mol. The number of methoxy groups -OCH3 is 1. The van der Waals surface area contributed by atoms with Crippen LogP contribution >= 0.6 is 0 Å². The SMILES string of the molecule is COCOc1cc(F)ccc1-c1cc(-c2cccc(N3CCN(C(=O)[O-])C(C(=Cc4ccccc4)C(=O)C=Cc4ccccc4)(C(=Cc4ccccc4)C(=O)C=Cc4ccccc4)C3C(=Cc3ccccc3)C(=O)C=Cc3ccccc3)c2)c(C#N)c(NC(=O)c2ccco2)n1.[Pd].[Pd]. The molecule has 1 N–H and O–H groups in total. The van der Waals surface area contributed by atoms with Gasteiger partial charge in [0, 0.05) is 101 Å². The zero-order valence-corrected chi connectivity index (χ0v) is 55.6. The van der Waals surface area contributed by atoms with E-state index in [2.05, 4.69) is 11.4 Å². The van der Waals surface area contributed by atoms with Gasteiger partial charge in [0.05, 0.1) is 18.0 Å². The third-order valence-electron chi connectivity index (χ3n) is 16.0. The molecule has 14 nitrogen and oxygen atoms in total. The van der Waals surface area contributed by atoms with E-state index >= 15 is 28.7 Å². The average Bonchev–Trinajstić information content (AvgIpc) is 0.730. The van der Waals surface area contributed by atoms with Crippen LogP contribution in [-0.2, 0) is 60.0 Å². The molecule has 2 amide bonds. The Morgan fingerprint density at radius 2 is 1.10 bits per heavy atom. The molecule has 0 spiro atoms. The number of carbonyl (C=O) groups is 5. The first-order valence-electron chi connectivity index (χ1n) is 30.6. The molecule has 1 aliphatic rings. The molecule has 1 saturated heterocycles. The van der Waals surface area contributed by atoms with Crippen LogP contribution in [0.2, 0.25) is 0 Å². The second kappa shape index (κ2) is 33.9. The molecule has 10 aromatic rings. The van der Waals surface area contributed by atoms with E-state index in [1.165, 1.54) is 55.9 Å². The van der Waals surface area contributed by atoms with Crippen molar-refractivity contribution < 1.29 is 88.2 Å². The molecule has 1 unspecified atom stereocenters. The summed E-state index contributed by atoms with van der Waals surface area (Å²) in [7, 11) is 1.40. The van der Waals surface area contributed by atoms with E-state index in [9.17, 15) is 10.1 Å². The number of ketones is 3. The van der Waals surface area contributed by atoms with Crippen LogP contribution < -0.4 is 20.1 Å². The molecule has 11 rings (SSSR count). The minimum Gasteiger partial charge on any atom is -0.530 e. The van der Waals surface area contributed by atoms with Gasteiger partial charge in [0.1, 0.15) is 34.8 Å². The van der Waals surface area contributed by atoms with Gasteiger partial charge in [-0.2, -0.15) is 5.26 Å². The quantitative estimate of drug-likeness (QED) is 0.0362. The minimum absolute atomic E-state index is 0. The van der Waals surface area contributed by atoms with Crippen molar-refractivity contribution >= 4 is 77.3 Å². The van der Waals surface area contributed by atoms with E-state index in [0.29, 0.717) is 44.6 Å². The third kappa shape index (κ3) is 16.7. The molecular formula is C81H61FN5O9Pd2-. The number of aromatic nitrogens is 1. The van der Waals surface area contributed by atoms with Gasteiger partial charge in [-0.1, -0.05) is 212 Å². The average molecular weight is 1480 g/mol. The largest absolute Gasteiger partial charge is 0.530 e. The second-order valence-corrected chi connectivity index (χ2v) is 22.1. The Morgan fingerprint density at radius 3 is 1.58 bits per heavy atom. The fourth-order valence-electron chi connectivity index (χ4n) is 11.7. The Hall–Kier alpha value is -11.3. The molecule has 0 saturated carbocycles. The van der Waals surface area contributed by atoms with Gasteiger partial charge in [0.2, 0.25) is 0 Å². The molecule has 17 heteroatoms. The maximum atomic E-state index is 16.5. The molecule has 2 aromatic heterocycles. The summed E-state index contributed by atoms with van der Waals surface area (Å²) in [5.74, 6) is -3.77. The summed E-state index contributed by atoms with van der Waals surface area (Å²) in [6.07, 6.45) is 13.2. The number of ether oxygens (including phenoxy) is 2. The van der Waals surface area contributed by atoms with Gasteiger partial charge in [0.15, 0.2) is 35.7 Å². The van der Waals surface area contributed by atoms with Crippen LogP contribution in [0.25, 0.3) is 58.8 Å². The summed E-state index contributed by atoms with van der Waals surface area (Å²) >= 11 is 0. The Kier molecular flexibility index (Phi) is 24.5. The van der Waals surface area contributed by atoms with Gasteiger partial charge in [-0.3, -0.25) is 19.2 Å². The van der Waals surface area contributed by atoms with Crippen molar-refractivity contribution in [3.05, 3.63) is 334 Å². The summed E-state index contributed by atoms with van der Waals surface area (Å²) in [4.78, 5) is 86.2. The van der Waals surface area contributed by atoms with Crippen LogP contribution in [0, 0.1) is 17.1 Å². The number of hydrogen-bond acceptors (Lipinski definition) is 12. The molecule has 98 heavy (non-hydrogen) atoms. The number of nitriles is 1. The third-order valence-corrected chi connectivity index (χ3v) is 16.0. The number of nitrogens with one attached hydrogen (secondary N) is 1. The molecule has 0 bridgehead atoms. The number of furan rings is 1. The van der Waals surface area contributed by atoms with Crippen LogP contribution in [0.15, 0.2) is 288 Å². The molecular weight excluding hydrogens is 1420 g/mol. The Labute approximate surface area is 594 Å². The standard InChI is InChI=1S/C81H62FN5O9.2Pd/c1-94-55-96-76-52-63(82)40-41-65(76)71-53-66(68(54-83)78(84-71)85-79(91)75-36-21-47-95-75)62-34-20-35-64(51-62)86-45-46-87(80(92)93)81(69(49-60-30-16-6-17-31-60)73(89)43-38-57-24-10-3-11-25-57,70(50-61-32-18-7-19-33-61)74(90)44-39-58-26-12-4-13-27-58)77(86)67(48-59-28-14-5-15-29-59)72(88)42-37-56-22-8-2-9-23-56;;/h2-44,47-53,77H,45-46,55H2,1H3,(H,92,93)(H,84,85,91);;/p-1. The summed E-state index contributed by atoms with van der Waals surface area (Å²) < 4.78 is 31.7.